The van der Waals surface area contributed by atoms with Gasteiger partial charge in [-0.05, 0) is 48.9 Å². The summed E-state index contributed by atoms with van der Waals surface area (Å²) in [4.78, 5) is 0. The van der Waals surface area contributed by atoms with Crippen LogP contribution < -0.4 is 5.73 Å². The van der Waals surface area contributed by atoms with Crippen molar-refractivity contribution >= 4 is 0 Å². The molecule has 0 radical (unpaired) electrons. The highest BCUT2D eigenvalue weighted by atomic mass is 16.3. The van der Waals surface area contributed by atoms with Crippen LogP contribution in [-0.4, -0.2) is 16.7 Å². The first-order valence-electron chi connectivity index (χ1n) is 5.82. The zero-order valence-electron chi connectivity index (χ0n) is 9.21. The molecule has 4 rings (SSSR count). The van der Waals surface area contributed by atoms with Crippen LogP contribution in [0, 0.1) is 16.7 Å². The number of nitrogens with two attached hydrogens (primary N) is 1. The molecule has 4 aliphatic rings. The Morgan fingerprint density at radius 3 is 2.43 bits per heavy atom. The molecule has 2 nitrogen and oxygen atoms in total. The van der Waals surface area contributed by atoms with Gasteiger partial charge in [-0.15, -0.1) is 0 Å². The summed E-state index contributed by atoms with van der Waals surface area (Å²) < 4.78 is 0. The molecule has 0 heterocycles. The normalized spacial score (nSPS) is 66.0. The Balaban J connectivity index is 2.06. The summed E-state index contributed by atoms with van der Waals surface area (Å²) in [7, 11) is 0. The largest absolute Gasteiger partial charge is 0.390 e. The molecule has 4 aliphatic carbocycles. The average Bonchev–Trinajstić information content (AvgIpc) is 1.94. The third-order valence-corrected chi connectivity index (χ3v) is 5.03. The van der Waals surface area contributed by atoms with Crippen LogP contribution >= 0.6 is 0 Å². The Kier molecular flexibility index (Phi) is 1.44. The smallest absolute Gasteiger partial charge is 0.0662 e. The van der Waals surface area contributed by atoms with Crippen LogP contribution in [0.4, 0.5) is 0 Å². The Labute approximate surface area is 85.9 Å². The Morgan fingerprint density at radius 1 is 1.14 bits per heavy atom. The van der Waals surface area contributed by atoms with Gasteiger partial charge in [-0.1, -0.05) is 13.8 Å². The Hall–Kier alpha value is -0.0800. The highest BCUT2D eigenvalue weighted by Crippen LogP contribution is 2.65. The zero-order chi connectivity index (χ0) is 10.2. The van der Waals surface area contributed by atoms with Gasteiger partial charge in [0.2, 0.25) is 0 Å². The van der Waals surface area contributed by atoms with Crippen LogP contribution in [0.3, 0.4) is 0 Å². The number of aliphatic hydroxyl groups is 1. The maximum atomic E-state index is 10.5. The van der Waals surface area contributed by atoms with Crippen LogP contribution in [-0.2, 0) is 0 Å². The topological polar surface area (TPSA) is 46.2 Å². The third kappa shape index (κ3) is 0.989. The molecule has 4 bridgehead atoms. The first kappa shape index (κ1) is 9.17. The molecule has 0 aliphatic heterocycles. The molecule has 0 aromatic heterocycles. The molecule has 5 atom stereocenters. The fourth-order valence-corrected chi connectivity index (χ4v) is 5.25. The maximum absolute atomic E-state index is 10.5. The average molecular weight is 195 g/mol. The lowest BCUT2D eigenvalue weighted by molar-refractivity contribution is -0.198. The summed E-state index contributed by atoms with van der Waals surface area (Å²) >= 11 is 0. The van der Waals surface area contributed by atoms with Gasteiger partial charge in [-0.25, -0.2) is 0 Å². The molecule has 5 unspecified atom stereocenters. The lowest BCUT2D eigenvalue weighted by Crippen LogP contribution is -2.67. The first-order chi connectivity index (χ1) is 6.34. The second-order valence-electron chi connectivity index (χ2n) is 6.91. The molecule has 14 heavy (non-hydrogen) atoms. The predicted octanol–water partition coefficient (Wildman–Crippen LogP) is 1.66. The minimum absolute atomic E-state index is 0.211. The fraction of sp³-hybridized carbons (Fsp3) is 1.00. The number of hydrogen-bond donors (Lipinski definition) is 2. The second kappa shape index (κ2) is 2.19. The van der Waals surface area contributed by atoms with Crippen LogP contribution in [0.15, 0.2) is 0 Å². The predicted molar refractivity (Wildman–Crippen MR) is 55.7 cm³/mol. The van der Waals surface area contributed by atoms with E-state index in [1.807, 2.05) is 0 Å². The Bertz CT molecular complexity index is 270. The van der Waals surface area contributed by atoms with Gasteiger partial charge in [0.1, 0.15) is 0 Å². The van der Waals surface area contributed by atoms with Crippen LogP contribution in [0.1, 0.15) is 46.0 Å². The van der Waals surface area contributed by atoms with Gasteiger partial charge in [0.25, 0.3) is 0 Å². The molecule has 0 saturated heterocycles. The summed E-state index contributed by atoms with van der Waals surface area (Å²) in [6, 6.07) is 0.330. The van der Waals surface area contributed by atoms with E-state index in [4.69, 9.17) is 5.73 Å². The van der Waals surface area contributed by atoms with E-state index in [9.17, 15) is 5.11 Å². The van der Waals surface area contributed by atoms with Crippen LogP contribution in [0.25, 0.3) is 0 Å². The van der Waals surface area contributed by atoms with E-state index in [0.29, 0.717) is 17.4 Å². The molecule has 2 heteroatoms. The summed E-state index contributed by atoms with van der Waals surface area (Å²) in [5.74, 6) is 0.575. The molecule has 0 aromatic rings. The molecule has 3 N–H and O–H groups in total. The highest BCUT2D eigenvalue weighted by molar-refractivity contribution is 5.15. The molecule has 0 amide bonds. The quantitative estimate of drug-likeness (QED) is 0.617. The lowest BCUT2D eigenvalue weighted by Gasteiger charge is -2.66. The molecule has 4 fully saturated rings. The van der Waals surface area contributed by atoms with Gasteiger partial charge in [-0.2, -0.15) is 0 Å². The van der Waals surface area contributed by atoms with Crippen molar-refractivity contribution < 1.29 is 5.11 Å². The van der Waals surface area contributed by atoms with Gasteiger partial charge in [0.05, 0.1) is 5.60 Å². The molecule has 4 saturated carbocycles. The van der Waals surface area contributed by atoms with Crippen molar-refractivity contribution in [3.63, 3.8) is 0 Å². The van der Waals surface area contributed by atoms with E-state index in [2.05, 4.69) is 13.8 Å². The van der Waals surface area contributed by atoms with Crippen molar-refractivity contribution in [2.24, 2.45) is 22.5 Å². The molecular formula is C12H21NO. The molecule has 0 spiro atoms. The van der Waals surface area contributed by atoms with Gasteiger partial charge in [0.15, 0.2) is 0 Å². The van der Waals surface area contributed by atoms with E-state index in [1.54, 1.807) is 0 Å². The van der Waals surface area contributed by atoms with Gasteiger partial charge >= 0.3 is 0 Å². The fourth-order valence-electron chi connectivity index (χ4n) is 5.25. The van der Waals surface area contributed by atoms with Gasteiger partial charge in [-0.3, -0.25) is 0 Å². The molecular weight excluding hydrogens is 174 g/mol. The van der Waals surface area contributed by atoms with Gasteiger partial charge in [0, 0.05) is 6.04 Å². The summed E-state index contributed by atoms with van der Waals surface area (Å²) in [5.41, 5.74) is 6.52. The monoisotopic (exact) mass is 195 g/mol. The lowest BCUT2D eigenvalue weighted by atomic mass is 9.42. The van der Waals surface area contributed by atoms with Crippen molar-refractivity contribution in [3.05, 3.63) is 0 Å². The van der Waals surface area contributed by atoms with E-state index < -0.39 is 0 Å². The third-order valence-electron chi connectivity index (χ3n) is 5.03. The van der Waals surface area contributed by atoms with Crippen molar-refractivity contribution in [1.29, 1.82) is 0 Å². The van der Waals surface area contributed by atoms with Crippen molar-refractivity contribution in [3.8, 4) is 0 Å². The Morgan fingerprint density at radius 2 is 1.86 bits per heavy atom. The van der Waals surface area contributed by atoms with E-state index in [-0.39, 0.29) is 11.0 Å². The van der Waals surface area contributed by atoms with Crippen molar-refractivity contribution in [1.82, 2.24) is 0 Å². The number of hydrogen-bond acceptors (Lipinski definition) is 2. The summed E-state index contributed by atoms with van der Waals surface area (Å²) in [6.45, 7) is 4.62. The SMILES string of the molecule is CC12CC3CC(O)(C1)CC(C)(C2)C3N. The standard InChI is InChI=1S/C12H21NO/c1-10-3-8-4-12(14,6-10)7-11(2,5-10)9(8)13/h8-9,14H,3-7,13H2,1-2H3. The minimum atomic E-state index is -0.374. The van der Waals surface area contributed by atoms with Crippen LogP contribution in [0.5, 0.6) is 0 Å². The molecule has 80 valence electrons. The van der Waals surface area contributed by atoms with E-state index in [1.165, 1.54) is 12.8 Å². The van der Waals surface area contributed by atoms with Crippen molar-refractivity contribution in [2.75, 3.05) is 0 Å². The highest BCUT2D eigenvalue weighted by Gasteiger charge is 2.62. The minimum Gasteiger partial charge on any atom is -0.390 e. The van der Waals surface area contributed by atoms with Crippen molar-refractivity contribution in [2.45, 2.75) is 57.6 Å². The van der Waals surface area contributed by atoms with Gasteiger partial charge < -0.3 is 10.8 Å². The first-order valence-corrected chi connectivity index (χ1v) is 5.82. The number of rotatable bonds is 0. The summed E-state index contributed by atoms with van der Waals surface area (Å²) in [6.07, 6.45) is 5.37. The van der Waals surface area contributed by atoms with E-state index in [0.717, 1.165) is 19.3 Å². The second-order valence-corrected chi connectivity index (χ2v) is 6.91. The van der Waals surface area contributed by atoms with E-state index >= 15 is 0 Å². The van der Waals surface area contributed by atoms with Crippen LogP contribution in [0.2, 0.25) is 0 Å². The summed E-state index contributed by atoms with van der Waals surface area (Å²) in [5, 5.41) is 10.5. The molecule has 0 aromatic carbocycles. The zero-order valence-corrected chi connectivity index (χ0v) is 9.21. The maximum Gasteiger partial charge on any atom is 0.0662 e.